The third-order valence-electron chi connectivity index (χ3n) is 2.98. The van der Waals surface area contributed by atoms with Gasteiger partial charge < -0.3 is 15.4 Å². The zero-order valence-corrected chi connectivity index (χ0v) is 11.8. The molecule has 2 rings (SSSR count). The molecule has 0 amide bonds. The van der Waals surface area contributed by atoms with Gasteiger partial charge in [0.1, 0.15) is 11.6 Å². The zero-order valence-electron chi connectivity index (χ0n) is 11.8. The quantitative estimate of drug-likeness (QED) is 0.783. The number of anilines is 1. The topological polar surface area (TPSA) is 95.1 Å². The zero-order chi connectivity index (χ0) is 15.4. The first-order valence-corrected chi connectivity index (χ1v) is 6.63. The van der Waals surface area contributed by atoms with Crippen LogP contribution in [-0.4, -0.2) is 21.0 Å². The first-order valence-electron chi connectivity index (χ1n) is 6.63. The van der Waals surface area contributed by atoms with E-state index >= 15 is 0 Å². The Labute approximate surface area is 121 Å². The number of hydrogen-bond acceptors (Lipinski definition) is 4. The number of hydrogen-bond donors (Lipinski definition) is 3. The van der Waals surface area contributed by atoms with Gasteiger partial charge >= 0.3 is 5.97 Å². The van der Waals surface area contributed by atoms with E-state index in [1.807, 2.05) is 19.9 Å². The SMILES string of the molecule is CC(C)c1nc(NC(C(=O)O)c2ccccc2)cc(=O)[nH]1. The van der Waals surface area contributed by atoms with Crippen LogP contribution in [0, 0.1) is 0 Å². The van der Waals surface area contributed by atoms with Crippen molar-refractivity contribution in [1.82, 2.24) is 9.97 Å². The van der Waals surface area contributed by atoms with Crippen molar-refractivity contribution >= 4 is 11.8 Å². The van der Waals surface area contributed by atoms with Crippen LogP contribution in [0.5, 0.6) is 0 Å². The summed E-state index contributed by atoms with van der Waals surface area (Å²) in [6.07, 6.45) is 0. The average molecular weight is 287 g/mol. The van der Waals surface area contributed by atoms with Crippen LogP contribution in [0.4, 0.5) is 5.82 Å². The number of aromatic amines is 1. The molecule has 1 aromatic carbocycles. The minimum Gasteiger partial charge on any atom is -0.479 e. The van der Waals surface area contributed by atoms with Crippen molar-refractivity contribution in [2.75, 3.05) is 5.32 Å². The van der Waals surface area contributed by atoms with Crippen LogP contribution in [0.3, 0.4) is 0 Å². The minimum absolute atomic E-state index is 0.0412. The van der Waals surface area contributed by atoms with Crippen LogP contribution in [0.15, 0.2) is 41.2 Å². The first kappa shape index (κ1) is 14.8. The highest BCUT2D eigenvalue weighted by molar-refractivity contribution is 5.78. The van der Waals surface area contributed by atoms with Crippen LogP contribution < -0.4 is 10.9 Å². The fraction of sp³-hybridized carbons (Fsp3) is 0.267. The molecule has 1 unspecified atom stereocenters. The lowest BCUT2D eigenvalue weighted by atomic mass is 10.1. The van der Waals surface area contributed by atoms with E-state index in [0.29, 0.717) is 11.4 Å². The Bertz CT molecular complexity index is 680. The van der Waals surface area contributed by atoms with E-state index in [4.69, 9.17) is 0 Å². The van der Waals surface area contributed by atoms with Gasteiger partial charge in [0.05, 0.1) is 0 Å². The Morgan fingerprint density at radius 2 is 1.95 bits per heavy atom. The maximum absolute atomic E-state index is 11.6. The fourth-order valence-electron chi connectivity index (χ4n) is 1.90. The van der Waals surface area contributed by atoms with E-state index in [1.165, 1.54) is 6.07 Å². The van der Waals surface area contributed by atoms with Crippen LogP contribution in [0.25, 0.3) is 0 Å². The van der Waals surface area contributed by atoms with E-state index in [1.54, 1.807) is 24.3 Å². The van der Waals surface area contributed by atoms with Crippen molar-refractivity contribution in [3.05, 3.63) is 58.1 Å². The molecule has 0 spiro atoms. The lowest BCUT2D eigenvalue weighted by Gasteiger charge is -2.16. The summed E-state index contributed by atoms with van der Waals surface area (Å²) in [5.74, 6) is -0.227. The van der Waals surface area contributed by atoms with Gasteiger partial charge in [-0.2, -0.15) is 0 Å². The number of carboxylic acid groups (broad SMARTS) is 1. The molecule has 1 heterocycles. The van der Waals surface area contributed by atoms with Gasteiger partial charge in [0, 0.05) is 12.0 Å². The molecule has 0 aliphatic carbocycles. The van der Waals surface area contributed by atoms with Crippen LogP contribution >= 0.6 is 0 Å². The predicted octanol–water partition coefficient (Wildman–Crippen LogP) is 2.13. The summed E-state index contributed by atoms with van der Waals surface area (Å²) in [5.41, 5.74) is 0.284. The molecule has 6 heteroatoms. The van der Waals surface area contributed by atoms with Gasteiger partial charge in [0.2, 0.25) is 0 Å². The lowest BCUT2D eigenvalue weighted by molar-refractivity contribution is -0.138. The summed E-state index contributed by atoms with van der Waals surface area (Å²) in [6, 6.07) is 9.05. The van der Waals surface area contributed by atoms with Crippen molar-refractivity contribution in [3.8, 4) is 0 Å². The molecule has 21 heavy (non-hydrogen) atoms. The van der Waals surface area contributed by atoms with Gasteiger partial charge in [0.25, 0.3) is 5.56 Å². The maximum Gasteiger partial charge on any atom is 0.330 e. The second kappa shape index (κ2) is 6.21. The number of nitrogens with one attached hydrogen (secondary N) is 2. The number of benzene rings is 1. The van der Waals surface area contributed by atoms with Crippen LogP contribution in [0.2, 0.25) is 0 Å². The lowest BCUT2D eigenvalue weighted by Crippen LogP contribution is -2.23. The number of aromatic nitrogens is 2. The van der Waals surface area contributed by atoms with Crippen molar-refractivity contribution in [1.29, 1.82) is 0 Å². The molecule has 1 aromatic heterocycles. The third kappa shape index (κ3) is 3.68. The third-order valence-corrected chi connectivity index (χ3v) is 2.98. The van der Waals surface area contributed by atoms with E-state index < -0.39 is 12.0 Å². The van der Waals surface area contributed by atoms with Gasteiger partial charge in [-0.15, -0.1) is 0 Å². The van der Waals surface area contributed by atoms with Gasteiger partial charge in [-0.05, 0) is 5.56 Å². The van der Waals surface area contributed by atoms with Crippen molar-refractivity contribution < 1.29 is 9.90 Å². The Hall–Kier alpha value is -2.63. The molecule has 0 bridgehead atoms. The van der Waals surface area contributed by atoms with E-state index in [2.05, 4.69) is 15.3 Å². The molecule has 6 nitrogen and oxygen atoms in total. The molecule has 1 atom stereocenters. The number of aliphatic carboxylic acids is 1. The number of H-pyrrole nitrogens is 1. The molecule has 0 saturated heterocycles. The number of nitrogens with zero attached hydrogens (tertiary/aromatic N) is 1. The normalized spacial score (nSPS) is 12.1. The molecule has 0 aliphatic heterocycles. The summed E-state index contributed by atoms with van der Waals surface area (Å²) in [4.78, 5) is 29.9. The average Bonchev–Trinajstić information content (AvgIpc) is 2.44. The van der Waals surface area contributed by atoms with Crippen molar-refractivity contribution in [3.63, 3.8) is 0 Å². The molecule has 3 N–H and O–H groups in total. The Morgan fingerprint density at radius 3 is 2.52 bits per heavy atom. The predicted molar refractivity (Wildman–Crippen MR) is 79.4 cm³/mol. The van der Waals surface area contributed by atoms with Gasteiger partial charge in [-0.3, -0.25) is 4.79 Å². The summed E-state index contributed by atoms with van der Waals surface area (Å²) in [6.45, 7) is 3.79. The summed E-state index contributed by atoms with van der Waals surface area (Å²) >= 11 is 0. The molecular weight excluding hydrogens is 270 g/mol. The number of carboxylic acids is 1. The maximum atomic E-state index is 11.6. The molecular formula is C15H17N3O3. The fourth-order valence-corrected chi connectivity index (χ4v) is 1.90. The number of carbonyl (C=O) groups is 1. The molecule has 0 saturated carbocycles. The smallest absolute Gasteiger partial charge is 0.330 e. The largest absolute Gasteiger partial charge is 0.479 e. The highest BCUT2D eigenvalue weighted by Gasteiger charge is 2.20. The second-order valence-electron chi connectivity index (χ2n) is 5.00. The van der Waals surface area contributed by atoms with Crippen LogP contribution in [0.1, 0.15) is 37.2 Å². The highest BCUT2D eigenvalue weighted by Crippen LogP contribution is 2.18. The van der Waals surface area contributed by atoms with E-state index in [9.17, 15) is 14.7 Å². The van der Waals surface area contributed by atoms with Crippen molar-refractivity contribution in [2.45, 2.75) is 25.8 Å². The van der Waals surface area contributed by atoms with Gasteiger partial charge in [-0.25, -0.2) is 9.78 Å². The van der Waals surface area contributed by atoms with Gasteiger partial charge in [0.15, 0.2) is 6.04 Å². The molecule has 0 aliphatic rings. The summed E-state index contributed by atoms with van der Waals surface area (Å²) in [5, 5.41) is 12.2. The first-order chi connectivity index (χ1) is 9.97. The molecule has 0 radical (unpaired) electrons. The molecule has 110 valence electrons. The molecule has 2 aromatic rings. The van der Waals surface area contributed by atoms with Crippen LogP contribution in [-0.2, 0) is 4.79 Å². The highest BCUT2D eigenvalue weighted by atomic mass is 16.4. The summed E-state index contributed by atoms with van der Waals surface area (Å²) < 4.78 is 0. The standard InChI is InChI=1S/C15H17N3O3/c1-9(2)14-17-11(8-12(19)18-14)16-13(15(20)21)10-6-4-3-5-7-10/h3-9,13H,1-2H3,(H,20,21)(H2,16,17,18,19). The van der Waals surface area contributed by atoms with E-state index in [0.717, 1.165) is 0 Å². The monoisotopic (exact) mass is 287 g/mol. The summed E-state index contributed by atoms with van der Waals surface area (Å²) in [7, 11) is 0. The number of rotatable bonds is 5. The Morgan fingerprint density at radius 1 is 1.29 bits per heavy atom. The van der Waals surface area contributed by atoms with Crippen molar-refractivity contribution in [2.24, 2.45) is 0 Å². The Balaban J connectivity index is 2.34. The minimum atomic E-state index is -1.03. The molecule has 0 fully saturated rings. The second-order valence-corrected chi connectivity index (χ2v) is 5.00. The Kier molecular flexibility index (Phi) is 4.37. The van der Waals surface area contributed by atoms with Gasteiger partial charge in [-0.1, -0.05) is 44.2 Å². The van der Waals surface area contributed by atoms with E-state index in [-0.39, 0.29) is 17.3 Å².